The van der Waals surface area contributed by atoms with Crippen molar-refractivity contribution < 1.29 is 9.59 Å². The molecule has 1 atom stereocenters. The maximum atomic E-state index is 13.1. The highest BCUT2D eigenvalue weighted by Gasteiger charge is 2.33. The molecular formula is C22H26N4O2S. The Morgan fingerprint density at radius 1 is 1.17 bits per heavy atom. The van der Waals surface area contributed by atoms with Gasteiger partial charge in [0.1, 0.15) is 16.1 Å². The third-order valence-electron chi connectivity index (χ3n) is 5.54. The molecule has 1 unspecified atom stereocenters. The van der Waals surface area contributed by atoms with Crippen LogP contribution in [0, 0.1) is 6.92 Å². The quantitative estimate of drug-likeness (QED) is 0.814. The highest BCUT2D eigenvalue weighted by molar-refractivity contribution is 7.14. The Kier molecular flexibility index (Phi) is 6.04. The van der Waals surface area contributed by atoms with Gasteiger partial charge in [0.25, 0.3) is 0 Å². The Balaban J connectivity index is 1.49. The number of rotatable bonds is 4. The van der Waals surface area contributed by atoms with Crippen molar-refractivity contribution in [1.29, 1.82) is 0 Å². The molecule has 1 aliphatic heterocycles. The molecule has 1 fully saturated rings. The summed E-state index contributed by atoms with van der Waals surface area (Å²) >= 11 is 1.52. The summed E-state index contributed by atoms with van der Waals surface area (Å²) in [6.45, 7) is 2.57. The average molecular weight is 411 g/mol. The van der Waals surface area contributed by atoms with E-state index in [-0.39, 0.29) is 11.8 Å². The number of allylic oxidation sites excluding steroid dienone is 1. The molecule has 0 saturated carbocycles. The smallest absolute Gasteiger partial charge is 0.250 e. The number of likely N-dealkylation sites (tertiary alicyclic amines) is 1. The molecule has 152 valence electrons. The minimum Gasteiger partial charge on any atom is -0.327 e. The standard InChI is InChI=1S/C22H26N4O2S/c1-15-24-25-21(29-15)17-10-7-11-18(14-17)23-20(27)19-12-5-6-13-26(19)22(28)16-8-3-2-4-9-16/h7-8,10-11,14,19H,2-6,9,12-13H2,1H3,(H,23,27). The predicted molar refractivity (Wildman–Crippen MR) is 115 cm³/mol. The molecule has 2 aliphatic rings. The molecule has 2 heterocycles. The van der Waals surface area contributed by atoms with Crippen LogP contribution in [0.1, 0.15) is 50.0 Å². The van der Waals surface area contributed by atoms with E-state index in [1.165, 1.54) is 11.3 Å². The maximum absolute atomic E-state index is 13.1. The number of carbonyl (C=O) groups excluding carboxylic acids is 2. The monoisotopic (exact) mass is 410 g/mol. The zero-order valence-corrected chi connectivity index (χ0v) is 17.5. The third kappa shape index (κ3) is 4.56. The van der Waals surface area contributed by atoms with Crippen LogP contribution in [-0.4, -0.2) is 39.5 Å². The number of hydrogen-bond acceptors (Lipinski definition) is 5. The van der Waals surface area contributed by atoms with E-state index >= 15 is 0 Å². The Labute approximate surface area is 175 Å². The molecule has 0 radical (unpaired) electrons. The van der Waals surface area contributed by atoms with Crippen LogP contribution in [0.3, 0.4) is 0 Å². The number of nitrogens with zero attached hydrogens (tertiary/aromatic N) is 3. The zero-order valence-electron chi connectivity index (χ0n) is 16.7. The van der Waals surface area contributed by atoms with E-state index in [4.69, 9.17) is 0 Å². The van der Waals surface area contributed by atoms with Crippen LogP contribution in [0.5, 0.6) is 0 Å². The lowest BCUT2D eigenvalue weighted by Gasteiger charge is -2.35. The van der Waals surface area contributed by atoms with Gasteiger partial charge in [0.15, 0.2) is 0 Å². The molecule has 29 heavy (non-hydrogen) atoms. The molecular weight excluding hydrogens is 384 g/mol. The summed E-state index contributed by atoms with van der Waals surface area (Å²) in [5, 5.41) is 13.0. The second-order valence-corrected chi connectivity index (χ2v) is 8.86. The van der Waals surface area contributed by atoms with Crippen molar-refractivity contribution in [2.75, 3.05) is 11.9 Å². The molecule has 2 amide bonds. The van der Waals surface area contributed by atoms with Gasteiger partial charge in [0.05, 0.1) is 0 Å². The largest absolute Gasteiger partial charge is 0.327 e. The Bertz CT molecular complexity index is 936. The number of hydrogen-bond donors (Lipinski definition) is 1. The van der Waals surface area contributed by atoms with E-state index in [2.05, 4.69) is 21.6 Å². The van der Waals surface area contributed by atoms with Crippen molar-refractivity contribution >= 4 is 28.8 Å². The lowest BCUT2D eigenvalue weighted by Crippen LogP contribution is -2.50. The molecule has 1 N–H and O–H groups in total. The van der Waals surface area contributed by atoms with E-state index < -0.39 is 6.04 Å². The normalized spacial score (nSPS) is 19.6. The minimum absolute atomic E-state index is 0.0441. The summed E-state index contributed by atoms with van der Waals surface area (Å²) in [7, 11) is 0. The third-order valence-corrected chi connectivity index (χ3v) is 6.42. The summed E-state index contributed by atoms with van der Waals surface area (Å²) < 4.78 is 0. The van der Waals surface area contributed by atoms with Crippen molar-refractivity contribution in [3.8, 4) is 10.6 Å². The van der Waals surface area contributed by atoms with Crippen LogP contribution < -0.4 is 5.32 Å². The van der Waals surface area contributed by atoms with Gasteiger partial charge in [0, 0.05) is 23.4 Å². The van der Waals surface area contributed by atoms with E-state index in [1.54, 1.807) is 4.90 Å². The molecule has 7 heteroatoms. The van der Waals surface area contributed by atoms with E-state index in [1.807, 2.05) is 31.2 Å². The van der Waals surface area contributed by atoms with Gasteiger partial charge in [-0.2, -0.15) is 0 Å². The van der Waals surface area contributed by atoms with Gasteiger partial charge < -0.3 is 10.2 Å². The Morgan fingerprint density at radius 3 is 2.83 bits per heavy atom. The number of aryl methyl sites for hydroxylation is 1. The first-order chi connectivity index (χ1) is 14.1. The molecule has 1 aromatic carbocycles. The van der Waals surface area contributed by atoms with Crippen LogP contribution in [0.15, 0.2) is 35.9 Å². The average Bonchev–Trinajstić information content (AvgIpc) is 3.20. The van der Waals surface area contributed by atoms with Gasteiger partial charge in [-0.05, 0) is 64.0 Å². The van der Waals surface area contributed by atoms with Crippen LogP contribution in [0.25, 0.3) is 10.6 Å². The van der Waals surface area contributed by atoms with Crippen molar-refractivity contribution in [3.63, 3.8) is 0 Å². The summed E-state index contributed by atoms with van der Waals surface area (Å²) in [6, 6.07) is 7.23. The van der Waals surface area contributed by atoms with E-state index in [9.17, 15) is 9.59 Å². The van der Waals surface area contributed by atoms with Crippen molar-refractivity contribution in [2.45, 2.75) is 57.9 Å². The van der Waals surface area contributed by atoms with Crippen LogP contribution in [-0.2, 0) is 9.59 Å². The molecule has 0 bridgehead atoms. The van der Waals surface area contributed by atoms with Crippen LogP contribution in [0.4, 0.5) is 5.69 Å². The van der Waals surface area contributed by atoms with Gasteiger partial charge in [0.2, 0.25) is 11.8 Å². The summed E-state index contributed by atoms with van der Waals surface area (Å²) in [6.07, 6.45) is 8.67. The predicted octanol–water partition coefficient (Wildman–Crippen LogP) is 4.33. The second-order valence-electron chi connectivity index (χ2n) is 7.68. The molecule has 1 aliphatic carbocycles. The second kappa shape index (κ2) is 8.86. The SMILES string of the molecule is Cc1nnc(-c2cccc(NC(=O)C3CCCCN3C(=O)C3=CCCCC3)c2)s1. The van der Waals surface area contributed by atoms with E-state index in [0.29, 0.717) is 13.0 Å². The van der Waals surface area contributed by atoms with Crippen molar-refractivity contribution in [3.05, 3.63) is 40.9 Å². The highest BCUT2D eigenvalue weighted by atomic mass is 32.1. The van der Waals surface area contributed by atoms with Crippen molar-refractivity contribution in [2.24, 2.45) is 0 Å². The fourth-order valence-electron chi connectivity index (χ4n) is 4.03. The number of piperidine rings is 1. The zero-order chi connectivity index (χ0) is 20.2. The van der Waals surface area contributed by atoms with Gasteiger partial charge in [-0.3, -0.25) is 9.59 Å². The van der Waals surface area contributed by atoms with Crippen LogP contribution in [0.2, 0.25) is 0 Å². The topological polar surface area (TPSA) is 75.2 Å². The number of amides is 2. The fourth-order valence-corrected chi connectivity index (χ4v) is 4.72. The number of aromatic nitrogens is 2. The lowest BCUT2D eigenvalue weighted by atomic mass is 9.95. The molecule has 6 nitrogen and oxygen atoms in total. The number of carbonyl (C=O) groups is 2. The fraction of sp³-hybridized carbons (Fsp3) is 0.455. The summed E-state index contributed by atoms with van der Waals surface area (Å²) in [4.78, 5) is 27.9. The van der Waals surface area contributed by atoms with Crippen molar-refractivity contribution in [1.82, 2.24) is 15.1 Å². The first-order valence-corrected chi connectivity index (χ1v) is 11.1. The lowest BCUT2D eigenvalue weighted by molar-refractivity contribution is -0.137. The molecule has 0 spiro atoms. The summed E-state index contributed by atoms with van der Waals surface area (Å²) in [5.74, 6) is -0.0670. The Morgan fingerprint density at radius 2 is 2.07 bits per heavy atom. The maximum Gasteiger partial charge on any atom is 0.250 e. The summed E-state index contributed by atoms with van der Waals surface area (Å²) in [5.41, 5.74) is 2.53. The first kappa shape index (κ1) is 19.8. The minimum atomic E-state index is -0.411. The van der Waals surface area contributed by atoms with Gasteiger partial charge >= 0.3 is 0 Å². The van der Waals surface area contributed by atoms with Crippen LogP contribution >= 0.6 is 11.3 Å². The van der Waals surface area contributed by atoms with Gasteiger partial charge in [-0.1, -0.05) is 29.5 Å². The van der Waals surface area contributed by atoms with Gasteiger partial charge in [-0.25, -0.2) is 0 Å². The number of anilines is 1. The molecule has 4 rings (SSSR count). The molecule has 1 saturated heterocycles. The Hall–Kier alpha value is -2.54. The first-order valence-electron chi connectivity index (χ1n) is 10.3. The van der Waals surface area contributed by atoms with Gasteiger partial charge in [-0.15, -0.1) is 10.2 Å². The van der Waals surface area contributed by atoms with E-state index in [0.717, 1.165) is 65.4 Å². The molecule has 2 aromatic rings. The number of nitrogens with one attached hydrogen (secondary N) is 1. The highest BCUT2D eigenvalue weighted by Crippen LogP contribution is 2.27. The molecule has 1 aromatic heterocycles. The number of benzene rings is 1.